The van der Waals surface area contributed by atoms with Crippen molar-refractivity contribution < 1.29 is 17.7 Å². The van der Waals surface area contributed by atoms with E-state index in [9.17, 15) is 13.2 Å². The number of piperidine rings is 1. The van der Waals surface area contributed by atoms with E-state index in [0.717, 1.165) is 37.1 Å². The standard InChI is InChI=1S/C25H33N3O4S/c1-19-7-9-21(10-8-19)11-12-23-24(20(2)26-32-23)33(30,31)28-17-13-22(14-18-28)25(29)27-15-5-3-4-6-16-27/h7-12,22H,3-6,13-18H2,1-2H3/b12-11+. The lowest BCUT2D eigenvalue weighted by Crippen LogP contribution is -2.44. The van der Waals surface area contributed by atoms with Crippen LogP contribution >= 0.6 is 0 Å². The average molecular weight is 472 g/mol. The Bertz CT molecular complexity index is 1090. The number of sulfonamides is 1. The minimum atomic E-state index is -3.77. The second-order valence-electron chi connectivity index (χ2n) is 9.12. The third kappa shape index (κ3) is 5.38. The predicted octanol–water partition coefficient (Wildman–Crippen LogP) is 4.27. The van der Waals surface area contributed by atoms with E-state index in [2.05, 4.69) is 5.16 Å². The summed E-state index contributed by atoms with van der Waals surface area (Å²) < 4.78 is 33.8. The first-order chi connectivity index (χ1) is 15.9. The highest BCUT2D eigenvalue weighted by Gasteiger charge is 2.36. The lowest BCUT2D eigenvalue weighted by molar-refractivity contribution is -0.136. The molecular formula is C25H33N3O4S. The summed E-state index contributed by atoms with van der Waals surface area (Å²) in [7, 11) is -3.77. The quantitative estimate of drug-likeness (QED) is 0.650. The zero-order valence-corrected chi connectivity index (χ0v) is 20.3. The van der Waals surface area contributed by atoms with Gasteiger partial charge in [0, 0.05) is 32.1 Å². The van der Waals surface area contributed by atoms with Crippen LogP contribution in [0.25, 0.3) is 12.2 Å². The van der Waals surface area contributed by atoms with Gasteiger partial charge in [0.15, 0.2) is 10.7 Å². The van der Waals surface area contributed by atoms with Crippen LogP contribution in [0.15, 0.2) is 33.7 Å². The zero-order valence-electron chi connectivity index (χ0n) is 19.5. The Hall–Kier alpha value is -2.45. The van der Waals surface area contributed by atoms with Crippen molar-refractivity contribution in [1.29, 1.82) is 0 Å². The van der Waals surface area contributed by atoms with Crippen LogP contribution in [-0.4, -0.2) is 54.9 Å². The van der Waals surface area contributed by atoms with Crippen molar-refractivity contribution in [2.75, 3.05) is 26.2 Å². The van der Waals surface area contributed by atoms with Crippen LogP contribution in [0.1, 0.15) is 61.1 Å². The summed E-state index contributed by atoms with van der Waals surface area (Å²) in [5, 5.41) is 3.92. The maximum Gasteiger partial charge on any atom is 0.248 e. The molecule has 33 heavy (non-hydrogen) atoms. The summed E-state index contributed by atoms with van der Waals surface area (Å²) >= 11 is 0. The third-order valence-electron chi connectivity index (χ3n) is 6.66. The highest BCUT2D eigenvalue weighted by molar-refractivity contribution is 7.89. The maximum atomic E-state index is 13.5. The molecule has 4 rings (SSSR count). The number of carbonyl (C=O) groups is 1. The van der Waals surface area contributed by atoms with Gasteiger partial charge in [0.05, 0.1) is 0 Å². The first kappa shape index (κ1) is 23.7. The summed E-state index contributed by atoms with van der Waals surface area (Å²) in [6, 6.07) is 7.94. The number of aromatic nitrogens is 1. The van der Waals surface area contributed by atoms with Gasteiger partial charge in [-0.2, -0.15) is 4.31 Å². The van der Waals surface area contributed by atoms with E-state index in [0.29, 0.717) is 31.6 Å². The molecule has 2 aliphatic rings. The Morgan fingerprint density at radius 1 is 0.970 bits per heavy atom. The Morgan fingerprint density at radius 2 is 1.61 bits per heavy atom. The van der Waals surface area contributed by atoms with Crippen molar-refractivity contribution >= 4 is 28.1 Å². The molecule has 0 spiro atoms. The fraction of sp³-hybridized carbons (Fsp3) is 0.520. The molecule has 3 heterocycles. The van der Waals surface area contributed by atoms with E-state index in [1.807, 2.05) is 42.2 Å². The molecule has 7 nitrogen and oxygen atoms in total. The van der Waals surface area contributed by atoms with Crippen LogP contribution in [0.5, 0.6) is 0 Å². The van der Waals surface area contributed by atoms with Gasteiger partial charge < -0.3 is 9.42 Å². The molecule has 0 saturated carbocycles. The molecule has 1 aromatic carbocycles. The van der Waals surface area contributed by atoms with Crippen LogP contribution in [-0.2, 0) is 14.8 Å². The van der Waals surface area contributed by atoms with Gasteiger partial charge >= 0.3 is 0 Å². The Kier molecular flexibility index (Phi) is 7.34. The van der Waals surface area contributed by atoms with Crippen molar-refractivity contribution in [1.82, 2.24) is 14.4 Å². The van der Waals surface area contributed by atoms with Crippen molar-refractivity contribution in [3.63, 3.8) is 0 Å². The Balaban J connectivity index is 1.45. The highest BCUT2D eigenvalue weighted by Crippen LogP contribution is 2.30. The normalized spacial score (nSPS) is 19.2. The largest absolute Gasteiger partial charge is 0.355 e. The van der Waals surface area contributed by atoms with Crippen LogP contribution < -0.4 is 0 Å². The second kappa shape index (κ2) is 10.2. The highest BCUT2D eigenvalue weighted by atomic mass is 32.2. The molecular weight excluding hydrogens is 438 g/mol. The van der Waals surface area contributed by atoms with Crippen molar-refractivity contribution in [2.45, 2.75) is 57.3 Å². The zero-order chi connectivity index (χ0) is 23.4. The number of aryl methyl sites for hydroxylation is 2. The summed E-state index contributed by atoms with van der Waals surface area (Å²) in [5.74, 6) is 0.326. The number of amides is 1. The van der Waals surface area contributed by atoms with Crippen LogP contribution in [0.3, 0.4) is 0 Å². The van der Waals surface area contributed by atoms with E-state index < -0.39 is 10.0 Å². The van der Waals surface area contributed by atoms with E-state index in [1.165, 1.54) is 17.1 Å². The van der Waals surface area contributed by atoms with E-state index in [4.69, 9.17) is 4.52 Å². The molecule has 0 radical (unpaired) electrons. The van der Waals surface area contributed by atoms with E-state index in [-0.39, 0.29) is 22.5 Å². The van der Waals surface area contributed by atoms with Crippen LogP contribution in [0, 0.1) is 19.8 Å². The summed E-state index contributed by atoms with van der Waals surface area (Å²) in [6.45, 7) is 5.98. The molecule has 2 saturated heterocycles. The molecule has 2 aromatic rings. The van der Waals surface area contributed by atoms with Gasteiger partial charge in [-0.25, -0.2) is 8.42 Å². The van der Waals surface area contributed by atoms with Gasteiger partial charge in [-0.1, -0.05) is 53.9 Å². The second-order valence-corrected chi connectivity index (χ2v) is 11.0. The molecule has 1 aromatic heterocycles. The molecule has 0 bridgehead atoms. The first-order valence-electron chi connectivity index (χ1n) is 11.9. The number of rotatable bonds is 5. The Morgan fingerprint density at radius 3 is 2.24 bits per heavy atom. The van der Waals surface area contributed by atoms with Crippen molar-refractivity contribution in [3.8, 4) is 0 Å². The lowest BCUT2D eigenvalue weighted by Gasteiger charge is -2.33. The lowest BCUT2D eigenvalue weighted by atomic mass is 9.96. The van der Waals surface area contributed by atoms with Gasteiger partial charge in [-0.05, 0) is 51.2 Å². The van der Waals surface area contributed by atoms with E-state index in [1.54, 1.807) is 13.0 Å². The topological polar surface area (TPSA) is 83.7 Å². The molecule has 178 valence electrons. The van der Waals surface area contributed by atoms with E-state index >= 15 is 0 Å². The number of likely N-dealkylation sites (tertiary alicyclic amines) is 1. The number of benzene rings is 1. The molecule has 0 N–H and O–H groups in total. The van der Waals surface area contributed by atoms with Crippen LogP contribution in [0.2, 0.25) is 0 Å². The van der Waals surface area contributed by atoms with Crippen molar-refractivity contribution in [3.05, 3.63) is 46.8 Å². The Labute approximate surface area is 196 Å². The van der Waals surface area contributed by atoms with Gasteiger partial charge in [-0.3, -0.25) is 4.79 Å². The summed E-state index contributed by atoms with van der Waals surface area (Å²) in [6.07, 6.45) is 9.06. The molecule has 1 amide bonds. The van der Waals surface area contributed by atoms with Gasteiger partial charge in [0.2, 0.25) is 15.9 Å². The predicted molar refractivity (Wildman–Crippen MR) is 128 cm³/mol. The smallest absolute Gasteiger partial charge is 0.248 e. The molecule has 2 fully saturated rings. The molecule has 0 aliphatic carbocycles. The minimum absolute atomic E-state index is 0.0981. The van der Waals surface area contributed by atoms with Gasteiger partial charge in [0.1, 0.15) is 5.69 Å². The summed E-state index contributed by atoms with van der Waals surface area (Å²) in [4.78, 5) is 15.1. The van der Waals surface area contributed by atoms with Crippen LogP contribution in [0.4, 0.5) is 0 Å². The number of nitrogens with zero attached hydrogens (tertiary/aromatic N) is 3. The number of hydrogen-bond donors (Lipinski definition) is 0. The average Bonchev–Trinajstić information content (AvgIpc) is 3.01. The monoisotopic (exact) mass is 471 g/mol. The molecule has 8 heteroatoms. The fourth-order valence-corrected chi connectivity index (χ4v) is 6.39. The molecule has 2 aliphatic heterocycles. The maximum absolute atomic E-state index is 13.5. The SMILES string of the molecule is Cc1ccc(/C=C/c2onc(C)c2S(=O)(=O)N2CCC(C(=O)N3CCCCCC3)CC2)cc1. The van der Waals surface area contributed by atoms with Gasteiger partial charge in [0.25, 0.3) is 0 Å². The summed E-state index contributed by atoms with van der Waals surface area (Å²) in [5.41, 5.74) is 2.45. The minimum Gasteiger partial charge on any atom is -0.355 e. The molecule has 0 atom stereocenters. The number of carbonyl (C=O) groups excluding carboxylic acids is 1. The third-order valence-corrected chi connectivity index (χ3v) is 8.71. The van der Waals surface area contributed by atoms with Gasteiger partial charge in [-0.15, -0.1) is 0 Å². The fourth-order valence-electron chi connectivity index (χ4n) is 4.67. The molecule has 0 unspecified atom stereocenters. The first-order valence-corrected chi connectivity index (χ1v) is 13.3. The van der Waals surface area contributed by atoms with Crippen molar-refractivity contribution in [2.24, 2.45) is 5.92 Å². The number of hydrogen-bond acceptors (Lipinski definition) is 5.